The average molecular weight is 347 g/mol. The number of hydrogen-bond donors (Lipinski definition) is 1. The standard InChI is InChI=1S/C12H14Cl3NO2.ClH/c1-12(2,11(17)18-3)10(16)7-4-6(13)5-8(14)9(7)15;/h4-5,10H,16H2,1-3H3;1H/t10-;/m1./s1. The fraction of sp³-hybridized carbons (Fsp3) is 0.417. The number of benzene rings is 1. The van der Waals surface area contributed by atoms with E-state index in [1.54, 1.807) is 19.9 Å². The van der Waals surface area contributed by atoms with Gasteiger partial charge >= 0.3 is 5.97 Å². The summed E-state index contributed by atoms with van der Waals surface area (Å²) in [5, 5.41) is 1.01. The fourth-order valence-corrected chi connectivity index (χ4v) is 2.32. The van der Waals surface area contributed by atoms with Crippen molar-refractivity contribution in [3.8, 4) is 0 Å². The number of rotatable bonds is 3. The number of methoxy groups -OCH3 is 1. The van der Waals surface area contributed by atoms with Crippen molar-refractivity contribution in [1.29, 1.82) is 0 Å². The molecule has 1 aromatic carbocycles. The van der Waals surface area contributed by atoms with Crippen LogP contribution in [0, 0.1) is 5.41 Å². The van der Waals surface area contributed by atoms with Crippen LogP contribution in [0.3, 0.4) is 0 Å². The zero-order valence-electron chi connectivity index (χ0n) is 10.7. The first kappa shape index (κ1) is 18.8. The van der Waals surface area contributed by atoms with Gasteiger partial charge in [0.05, 0.1) is 22.6 Å². The zero-order valence-corrected chi connectivity index (χ0v) is 13.8. The van der Waals surface area contributed by atoms with Gasteiger partial charge in [0.25, 0.3) is 0 Å². The molecule has 0 aromatic heterocycles. The predicted molar refractivity (Wildman–Crippen MR) is 81.4 cm³/mol. The number of carbonyl (C=O) groups is 1. The predicted octanol–water partition coefficient (Wildman–Crippen LogP) is 4.27. The molecule has 0 aliphatic carbocycles. The van der Waals surface area contributed by atoms with E-state index in [4.69, 9.17) is 45.3 Å². The van der Waals surface area contributed by atoms with Gasteiger partial charge in [0.1, 0.15) is 0 Å². The van der Waals surface area contributed by atoms with E-state index in [9.17, 15) is 4.79 Å². The smallest absolute Gasteiger partial charge is 0.313 e. The summed E-state index contributed by atoms with van der Waals surface area (Å²) in [6.07, 6.45) is 0. The molecule has 0 saturated carbocycles. The quantitative estimate of drug-likeness (QED) is 0.656. The van der Waals surface area contributed by atoms with E-state index in [2.05, 4.69) is 0 Å². The van der Waals surface area contributed by atoms with Gasteiger partial charge < -0.3 is 10.5 Å². The van der Waals surface area contributed by atoms with Crippen molar-refractivity contribution in [1.82, 2.24) is 0 Å². The molecule has 0 bridgehead atoms. The Kier molecular flexibility index (Phi) is 6.93. The molecule has 1 rings (SSSR count). The lowest BCUT2D eigenvalue weighted by molar-refractivity contribution is -0.152. The van der Waals surface area contributed by atoms with Gasteiger partial charge in [0.2, 0.25) is 0 Å². The molecule has 0 amide bonds. The van der Waals surface area contributed by atoms with E-state index in [0.717, 1.165) is 0 Å². The van der Waals surface area contributed by atoms with Gasteiger partial charge in [0.15, 0.2) is 0 Å². The third kappa shape index (κ3) is 3.89. The van der Waals surface area contributed by atoms with E-state index in [1.165, 1.54) is 13.2 Å². The van der Waals surface area contributed by atoms with Crippen LogP contribution in [0.25, 0.3) is 0 Å². The molecule has 0 fully saturated rings. The molecule has 1 aromatic rings. The van der Waals surface area contributed by atoms with Crippen LogP contribution in [-0.4, -0.2) is 13.1 Å². The number of nitrogens with two attached hydrogens (primary N) is 1. The first-order valence-corrected chi connectivity index (χ1v) is 6.33. The van der Waals surface area contributed by atoms with E-state index in [1.807, 2.05) is 0 Å². The van der Waals surface area contributed by atoms with Crippen molar-refractivity contribution in [2.24, 2.45) is 11.1 Å². The molecule has 0 aliphatic heterocycles. The topological polar surface area (TPSA) is 52.3 Å². The van der Waals surface area contributed by atoms with Crippen LogP contribution in [0.5, 0.6) is 0 Å². The van der Waals surface area contributed by atoms with Gasteiger partial charge in [-0.25, -0.2) is 0 Å². The summed E-state index contributed by atoms with van der Waals surface area (Å²) in [5.41, 5.74) is 5.67. The van der Waals surface area contributed by atoms with Crippen molar-refractivity contribution in [3.63, 3.8) is 0 Å². The molecule has 2 N–H and O–H groups in total. The highest BCUT2D eigenvalue weighted by Crippen LogP contribution is 2.40. The van der Waals surface area contributed by atoms with Crippen LogP contribution in [-0.2, 0) is 9.53 Å². The minimum Gasteiger partial charge on any atom is -0.469 e. The highest BCUT2D eigenvalue weighted by molar-refractivity contribution is 6.43. The molecule has 0 aliphatic rings. The van der Waals surface area contributed by atoms with Crippen LogP contribution in [0.2, 0.25) is 15.1 Å². The van der Waals surface area contributed by atoms with E-state index >= 15 is 0 Å². The molecule has 0 heterocycles. The Bertz CT molecular complexity index is 477. The van der Waals surface area contributed by atoms with Gasteiger partial charge in [-0.05, 0) is 31.5 Å². The molecule has 0 unspecified atom stereocenters. The second kappa shape index (κ2) is 7.00. The summed E-state index contributed by atoms with van der Waals surface area (Å²) in [6.45, 7) is 3.35. The van der Waals surface area contributed by atoms with Gasteiger partial charge in [-0.3, -0.25) is 4.79 Å². The Morgan fingerprint density at radius 2 is 1.84 bits per heavy atom. The minimum atomic E-state index is -0.938. The second-order valence-corrected chi connectivity index (χ2v) is 5.70. The first-order chi connectivity index (χ1) is 8.21. The molecule has 108 valence electrons. The van der Waals surface area contributed by atoms with Crippen molar-refractivity contribution < 1.29 is 9.53 Å². The van der Waals surface area contributed by atoms with Crippen molar-refractivity contribution in [2.45, 2.75) is 19.9 Å². The Labute approximate surface area is 133 Å². The maximum Gasteiger partial charge on any atom is 0.313 e. The summed E-state index contributed by atoms with van der Waals surface area (Å²) in [4.78, 5) is 11.7. The lowest BCUT2D eigenvalue weighted by atomic mass is 9.81. The van der Waals surface area contributed by atoms with E-state index in [0.29, 0.717) is 20.6 Å². The average Bonchev–Trinajstić information content (AvgIpc) is 2.31. The Hall–Kier alpha value is -0.190. The van der Waals surface area contributed by atoms with Crippen molar-refractivity contribution in [3.05, 3.63) is 32.8 Å². The zero-order chi connectivity index (χ0) is 14.1. The van der Waals surface area contributed by atoms with E-state index in [-0.39, 0.29) is 12.4 Å². The van der Waals surface area contributed by atoms with Gasteiger partial charge in [0, 0.05) is 11.1 Å². The molecule has 7 heteroatoms. The minimum absolute atomic E-state index is 0. The highest BCUT2D eigenvalue weighted by Gasteiger charge is 2.38. The monoisotopic (exact) mass is 345 g/mol. The van der Waals surface area contributed by atoms with Crippen LogP contribution in [0.1, 0.15) is 25.5 Å². The Balaban J connectivity index is 0.00000324. The summed E-state index contributed by atoms with van der Waals surface area (Å²) in [6, 6.07) is 2.45. The fourth-order valence-electron chi connectivity index (χ4n) is 1.58. The van der Waals surface area contributed by atoms with E-state index < -0.39 is 17.4 Å². The number of hydrogen-bond acceptors (Lipinski definition) is 3. The molecule has 19 heavy (non-hydrogen) atoms. The normalized spacial score (nSPS) is 12.6. The SMILES string of the molecule is COC(=O)C(C)(C)[C@H](N)c1cc(Cl)cc(Cl)c1Cl.Cl. The van der Waals surface area contributed by atoms with Gasteiger partial charge in [-0.2, -0.15) is 0 Å². The summed E-state index contributed by atoms with van der Waals surface area (Å²) < 4.78 is 4.73. The number of carbonyl (C=O) groups excluding carboxylic acids is 1. The molecule has 1 atom stereocenters. The summed E-state index contributed by atoms with van der Waals surface area (Å²) in [7, 11) is 1.31. The molecular formula is C12H15Cl4NO2. The molecule has 0 saturated heterocycles. The van der Waals surface area contributed by atoms with Crippen LogP contribution >= 0.6 is 47.2 Å². The summed E-state index contributed by atoms with van der Waals surface area (Å²) >= 11 is 17.9. The van der Waals surface area contributed by atoms with Crippen LogP contribution in [0.15, 0.2) is 12.1 Å². The lowest BCUT2D eigenvalue weighted by Gasteiger charge is -2.29. The lowest BCUT2D eigenvalue weighted by Crippen LogP contribution is -2.37. The number of ether oxygens (including phenoxy) is 1. The maximum absolute atomic E-state index is 11.7. The summed E-state index contributed by atoms with van der Waals surface area (Å²) in [5.74, 6) is -0.429. The highest BCUT2D eigenvalue weighted by atomic mass is 35.5. The second-order valence-electron chi connectivity index (χ2n) is 4.48. The number of esters is 1. The van der Waals surface area contributed by atoms with Gasteiger partial charge in [-0.1, -0.05) is 34.8 Å². The third-order valence-electron chi connectivity index (χ3n) is 2.85. The van der Waals surface area contributed by atoms with Crippen molar-refractivity contribution in [2.75, 3.05) is 7.11 Å². The molecule has 0 radical (unpaired) electrons. The molecule has 0 spiro atoms. The maximum atomic E-state index is 11.7. The molecular weight excluding hydrogens is 332 g/mol. The largest absolute Gasteiger partial charge is 0.469 e. The third-order valence-corrected chi connectivity index (χ3v) is 3.88. The first-order valence-electron chi connectivity index (χ1n) is 5.20. The van der Waals surface area contributed by atoms with Gasteiger partial charge in [-0.15, -0.1) is 12.4 Å². The van der Waals surface area contributed by atoms with Crippen LogP contribution < -0.4 is 5.73 Å². The molecule has 3 nitrogen and oxygen atoms in total. The Morgan fingerprint density at radius 3 is 2.32 bits per heavy atom. The Morgan fingerprint density at radius 1 is 1.32 bits per heavy atom. The number of halogens is 4. The van der Waals surface area contributed by atoms with Crippen molar-refractivity contribution >= 4 is 53.2 Å². The van der Waals surface area contributed by atoms with Crippen LogP contribution in [0.4, 0.5) is 0 Å².